The molecule has 1 aliphatic rings. The van der Waals surface area contributed by atoms with Crippen LogP contribution in [-0.2, 0) is 9.53 Å². The number of ether oxygens (including phenoxy) is 1. The quantitative estimate of drug-likeness (QED) is 0.731. The van der Waals surface area contributed by atoms with Crippen molar-refractivity contribution in [3.05, 3.63) is 36.0 Å². The fourth-order valence-corrected chi connectivity index (χ4v) is 1.36. The van der Waals surface area contributed by atoms with Crippen LogP contribution in [0, 0.1) is 0 Å². The van der Waals surface area contributed by atoms with Gasteiger partial charge in [-0.1, -0.05) is 44.2 Å². The number of nitrogens with zero attached hydrogens (tertiary/aromatic N) is 1. The average Bonchev–Trinajstić information content (AvgIpc) is 2.82. The highest BCUT2D eigenvalue weighted by atomic mass is 16.6. The second-order valence-corrected chi connectivity index (χ2v) is 4.03. The molecule has 4 heteroatoms. The molecule has 0 aromatic carbocycles. The summed E-state index contributed by atoms with van der Waals surface area (Å²) in [6, 6.07) is 0. The third-order valence-electron chi connectivity index (χ3n) is 2.31. The highest BCUT2D eigenvalue weighted by Crippen LogP contribution is 2.11. The molecule has 0 aliphatic carbocycles. The number of amides is 2. The predicted molar refractivity (Wildman–Crippen MR) is 76.7 cm³/mol. The van der Waals surface area contributed by atoms with Gasteiger partial charge in [0.2, 0.25) is 5.91 Å². The van der Waals surface area contributed by atoms with E-state index in [-0.39, 0.29) is 18.9 Å². The highest BCUT2D eigenvalue weighted by molar-refractivity contribution is 5.94. The first-order valence-electron chi connectivity index (χ1n) is 6.48. The summed E-state index contributed by atoms with van der Waals surface area (Å²) < 4.78 is 4.71. The first-order valence-corrected chi connectivity index (χ1v) is 6.48. The van der Waals surface area contributed by atoms with Crippen LogP contribution in [0.25, 0.3) is 0 Å². The van der Waals surface area contributed by atoms with Gasteiger partial charge in [-0.05, 0) is 19.4 Å². The number of hydrogen-bond acceptors (Lipinski definition) is 3. The molecule has 0 spiro atoms. The van der Waals surface area contributed by atoms with Gasteiger partial charge in [0.05, 0.1) is 13.0 Å². The zero-order chi connectivity index (χ0) is 14.8. The third kappa shape index (κ3) is 6.04. The lowest BCUT2D eigenvalue weighted by Gasteiger charge is -2.10. The summed E-state index contributed by atoms with van der Waals surface area (Å²) in [6.45, 7) is 12.2. The summed E-state index contributed by atoms with van der Waals surface area (Å²) in [5, 5.41) is 0. The van der Waals surface area contributed by atoms with Crippen molar-refractivity contribution >= 4 is 12.0 Å². The molecule has 0 saturated carbocycles. The van der Waals surface area contributed by atoms with Gasteiger partial charge < -0.3 is 4.74 Å². The van der Waals surface area contributed by atoms with Crippen LogP contribution < -0.4 is 0 Å². The van der Waals surface area contributed by atoms with E-state index in [0.717, 1.165) is 16.0 Å². The van der Waals surface area contributed by atoms with Crippen molar-refractivity contribution in [3.63, 3.8) is 0 Å². The van der Waals surface area contributed by atoms with E-state index in [4.69, 9.17) is 4.74 Å². The summed E-state index contributed by atoms with van der Waals surface area (Å²) in [5.74, 6) is -0.249. The summed E-state index contributed by atoms with van der Waals surface area (Å²) >= 11 is 0. The van der Waals surface area contributed by atoms with Crippen molar-refractivity contribution in [3.8, 4) is 0 Å². The number of carbonyl (C=O) groups is 2. The van der Waals surface area contributed by atoms with Gasteiger partial charge in [-0.2, -0.15) is 0 Å². The maximum Gasteiger partial charge on any atom is 0.416 e. The van der Waals surface area contributed by atoms with E-state index in [1.807, 2.05) is 39.8 Å². The van der Waals surface area contributed by atoms with Crippen molar-refractivity contribution in [2.75, 3.05) is 13.2 Å². The maximum absolute atomic E-state index is 11.8. The van der Waals surface area contributed by atoms with Crippen LogP contribution in [0.2, 0.25) is 0 Å². The van der Waals surface area contributed by atoms with Crippen molar-refractivity contribution in [2.24, 2.45) is 0 Å². The number of carbonyl (C=O) groups excluding carboxylic acids is 2. The molecule has 0 aromatic heterocycles. The molecule has 0 N–H and O–H groups in total. The molecule has 1 aliphatic heterocycles. The third-order valence-corrected chi connectivity index (χ3v) is 2.31. The first-order chi connectivity index (χ1) is 9.04. The van der Waals surface area contributed by atoms with E-state index in [1.54, 1.807) is 6.08 Å². The number of hydrogen-bond donors (Lipinski definition) is 0. The van der Waals surface area contributed by atoms with Gasteiger partial charge in [-0.3, -0.25) is 4.79 Å². The van der Waals surface area contributed by atoms with Gasteiger partial charge in [0.25, 0.3) is 0 Å². The van der Waals surface area contributed by atoms with Crippen LogP contribution in [0.3, 0.4) is 0 Å². The van der Waals surface area contributed by atoms with Gasteiger partial charge in [-0.25, -0.2) is 9.69 Å². The zero-order valence-electron chi connectivity index (χ0n) is 12.2. The lowest BCUT2D eigenvalue weighted by molar-refractivity contribution is -0.126. The van der Waals surface area contributed by atoms with Crippen molar-refractivity contribution in [1.82, 2.24) is 4.90 Å². The van der Waals surface area contributed by atoms with Crippen LogP contribution in [-0.4, -0.2) is 30.1 Å². The molecule has 0 aromatic rings. The number of imide groups is 1. The standard InChI is InChI=1S/C13H17NO3.C2H6/c1-4-11(6-5-10(2)3)9-12(15)14-7-8-17-13(14)16;1-2/h4-6H,1,7-9H2,2-3H3;1-2H3/b11-6+;. The van der Waals surface area contributed by atoms with Crippen molar-refractivity contribution < 1.29 is 14.3 Å². The van der Waals surface area contributed by atoms with Gasteiger partial charge in [0.1, 0.15) is 6.61 Å². The van der Waals surface area contributed by atoms with Crippen molar-refractivity contribution in [2.45, 2.75) is 34.1 Å². The molecule has 0 bridgehead atoms. The van der Waals surface area contributed by atoms with Crippen LogP contribution >= 0.6 is 0 Å². The Morgan fingerprint density at radius 1 is 1.37 bits per heavy atom. The Bertz CT molecular complexity index is 390. The molecule has 1 rings (SSSR count). The smallest absolute Gasteiger partial charge is 0.416 e. The molecule has 19 heavy (non-hydrogen) atoms. The van der Waals surface area contributed by atoms with E-state index in [0.29, 0.717) is 6.54 Å². The minimum atomic E-state index is -0.555. The second-order valence-electron chi connectivity index (χ2n) is 4.03. The lowest BCUT2D eigenvalue weighted by Crippen LogP contribution is -2.31. The van der Waals surface area contributed by atoms with E-state index >= 15 is 0 Å². The average molecular weight is 265 g/mol. The van der Waals surface area contributed by atoms with Crippen molar-refractivity contribution in [1.29, 1.82) is 0 Å². The summed E-state index contributed by atoms with van der Waals surface area (Å²) in [7, 11) is 0. The molecule has 0 atom stereocenters. The molecular formula is C15H23NO3. The highest BCUT2D eigenvalue weighted by Gasteiger charge is 2.28. The summed E-state index contributed by atoms with van der Waals surface area (Å²) in [6.07, 6.45) is 4.98. The molecule has 1 heterocycles. The van der Waals surface area contributed by atoms with Crippen LogP contribution in [0.5, 0.6) is 0 Å². The molecule has 2 amide bonds. The number of cyclic esters (lactones) is 1. The molecule has 4 nitrogen and oxygen atoms in total. The first kappa shape index (κ1) is 17.2. The van der Waals surface area contributed by atoms with E-state index in [1.165, 1.54) is 0 Å². The Kier molecular flexibility index (Phi) is 8.25. The summed E-state index contributed by atoms with van der Waals surface area (Å²) in [4.78, 5) is 24.1. The van der Waals surface area contributed by atoms with E-state index in [2.05, 4.69) is 6.58 Å². The summed E-state index contributed by atoms with van der Waals surface area (Å²) in [5.41, 5.74) is 1.92. The molecule has 1 saturated heterocycles. The Morgan fingerprint density at radius 2 is 2.00 bits per heavy atom. The van der Waals surface area contributed by atoms with Crippen LogP contribution in [0.15, 0.2) is 36.0 Å². The molecule has 0 unspecified atom stereocenters. The van der Waals surface area contributed by atoms with Crippen LogP contribution in [0.1, 0.15) is 34.1 Å². The molecule has 0 radical (unpaired) electrons. The topological polar surface area (TPSA) is 46.6 Å². The van der Waals surface area contributed by atoms with Gasteiger partial charge >= 0.3 is 6.09 Å². The predicted octanol–water partition coefficient (Wildman–Crippen LogP) is 3.46. The van der Waals surface area contributed by atoms with Gasteiger partial charge in [0.15, 0.2) is 0 Å². The SMILES string of the molecule is C=C/C(=C\C=C(C)C)CC(=O)N1CCOC1=O.CC. The Morgan fingerprint density at radius 3 is 2.42 bits per heavy atom. The fourth-order valence-electron chi connectivity index (χ4n) is 1.36. The number of allylic oxidation sites excluding steroid dienone is 4. The monoisotopic (exact) mass is 265 g/mol. The van der Waals surface area contributed by atoms with Gasteiger partial charge in [0, 0.05) is 0 Å². The fraction of sp³-hybridized carbons (Fsp3) is 0.467. The number of rotatable bonds is 4. The molecule has 1 fully saturated rings. The Hall–Kier alpha value is -1.84. The minimum absolute atomic E-state index is 0.169. The van der Waals surface area contributed by atoms with Crippen LogP contribution in [0.4, 0.5) is 4.79 Å². The second kappa shape index (κ2) is 9.14. The normalized spacial score (nSPS) is 14.2. The Labute approximate surface area is 115 Å². The molecular weight excluding hydrogens is 242 g/mol. The zero-order valence-corrected chi connectivity index (χ0v) is 12.2. The van der Waals surface area contributed by atoms with E-state index < -0.39 is 6.09 Å². The minimum Gasteiger partial charge on any atom is -0.447 e. The maximum atomic E-state index is 11.8. The van der Waals surface area contributed by atoms with E-state index in [9.17, 15) is 9.59 Å². The lowest BCUT2D eigenvalue weighted by atomic mass is 10.1. The largest absolute Gasteiger partial charge is 0.447 e. The Balaban J connectivity index is 0.00000154. The molecule has 106 valence electrons. The van der Waals surface area contributed by atoms with Gasteiger partial charge in [-0.15, -0.1) is 0 Å².